The number of nitrogens with one attached hydrogen (secondary N) is 1. The Morgan fingerprint density at radius 1 is 1.24 bits per heavy atom. The van der Waals surface area contributed by atoms with Gasteiger partial charge in [0.25, 0.3) is 0 Å². The van der Waals surface area contributed by atoms with Crippen LogP contribution < -0.4 is 14.8 Å². The van der Waals surface area contributed by atoms with E-state index in [-0.39, 0.29) is 0 Å². The van der Waals surface area contributed by atoms with Crippen LogP contribution in [0.4, 0.5) is 0 Å². The van der Waals surface area contributed by atoms with Crippen molar-refractivity contribution >= 4 is 0 Å². The average Bonchev–Trinajstić information content (AvgIpc) is 2.55. The van der Waals surface area contributed by atoms with Crippen LogP contribution in [0, 0.1) is 5.92 Å². The second-order valence-corrected chi connectivity index (χ2v) is 5.51. The predicted octanol–water partition coefficient (Wildman–Crippen LogP) is 3.17. The molecular formula is C17H27NO3. The molecule has 4 nitrogen and oxygen atoms in total. The van der Waals surface area contributed by atoms with E-state index in [4.69, 9.17) is 14.2 Å². The minimum absolute atomic E-state index is 0.295. The van der Waals surface area contributed by atoms with E-state index in [0.717, 1.165) is 50.5 Å². The smallest absolute Gasteiger partial charge is 0.123 e. The molecular weight excluding hydrogens is 266 g/mol. The van der Waals surface area contributed by atoms with Gasteiger partial charge in [-0.3, -0.25) is 0 Å². The van der Waals surface area contributed by atoms with Gasteiger partial charge >= 0.3 is 0 Å². The van der Waals surface area contributed by atoms with Gasteiger partial charge in [0.15, 0.2) is 0 Å². The lowest BCUT2D eigenvalue weighted by Gasteiger charge is -2.28. The third-order valence-corrected chi connectivity index (χ3v) is 4.17. The number of rotatable bonds is 7. The van der Waals surface area contributed by atoms with Crippen molar-refractivity contribution in [1.82, 2.24) is 5.32 Å². The van der Waals surface area contributed by atoms with Gasteiger partial charge in [0.1, 0.15) is 11.5 Å². The summed E-state index contributed by atoms with van der Waals surface area (Å²) in [6, 6.07) is 6.32. The van der Waals surface area contributed by atoms with E-state index in [1.807, 2.05) is 12.1 Å². The predicted molar refractivity (Wildman–Crippen MR) is 84.1 cm³/mol. The lowest BCUT2D eigenvalue weighted by Crippen LogP contribution is -2.26. The van der Waals surface area contributed by atoms with E-state index in [0.29, 0.717) is 12.0 Å². The van der Waals surface area contributed by atoms with Crippen LogP contribution in [-0.4, -0.2) is 34.0 Å². The molecule has 1 atom stereocenters. The molecule has 0 radical (unpaired) electrons. The van der Waals surface area contributed by atoms with Crippen molar-refractivity contribution in [2.45, 2.75) is 32.2 Å². The van der Waals surface area contributed by atoms with Crippen molar-refractivity contribution in [2.24, 2.45) is 5.92 Å². The molecule has 1 heterocycles. The van der Waals surface area contributed by atoms with E-state index in [1.165, 1.54) is 5.56 Å². The molecule has 4 heteroatoms. The molecule has 0 saturated carbocycles. The molecule has 1 fully saturated rings. The molecule has 1 unspecified atom stereocenters. The molecule has 21 heavy (non-hydrogen) atoms. The number of ether oxygens (including phenoxy) is 3. The van der Waals surface area contributed by atoms with E-state index in [2.05, 4.69) is 18.3 Å². The second kappa shape index (κ2) is 8.25. The summed E-state index contributed by atoms with van der Waals surface area (Å²) in [6.45, 7) is 4.86. The highest BCUT2D eigenvalue weighted by Gasteiger charge is 2.22. The number of hydrogen-bond acceptors (Lipinski definition) is 4. The summed E-state index contributed by atoms with van der Waals surface area (Å²) in [5.41, 5.74) is 1.19. The van der Waals surface area contributed by atoms with Gasteiger partial charge in [-0.25, -0.2) is 0 Å². The Bertz CT molecular complexity index is 430. The first-order chi connectivity index (χ1) is 10.3. The minimum Gasteiger partial charge on any atom is -0.497 e. The quantitative estimate of drug-likeness (QED) is 0.838. The molecule has 0 aromatic heterocycles. The van der Waals surface area contributed by atoms with Gasteiger partial charge in [0, 0.05) is 24.8 Å². The summed E-state index contributed by atoms with van der Waals surface area (Å²) in [7, 11) is 3.43. The third kappa shape index (κ3) is 4.35. The molecule has 0 bridgehead atoms. The van der Waals surface area contributed by atoms with Crippen LogP contribution >= 0.6 is 0 Å². The van der Waals surface area contributed by atoms with Gasteiger partial charge < -0.3 is 19.5 Å². The SMILES string of the molecule is CCNC(CC1CCOCC1)c1cc(OC)ccc1OC. The third-order valence-electron chi connectivity index (χ3n) is 4.17. The molecule has 0 spiro atoms. The zero-order chi connectivity index (χ0) is 15.1. The fourth-order valence-corrected chi connectivity index (χ4v) is 2.99. The molecule has 0 amide bonds. The van der Waals surface area contributed by atoms with Crippen LogP contribution in [0.3, 0.4) is 0 Å². The number of hydrogen-bond donors (Lipinski definition) is 1. The number of benzene rings is 1. The summed E-state index contributed by atoms with van der Waals surface area (Å²) in [6.07, 6.45) is 3.41. The topological polar surface area (TPSA) is 39.7 Å². The van der Waals surface area contributed by atoms with Crippen LogP contribution in [0.1, 0.15) is 37.8 Å². The summed E-state index contributed by atoms with van der Waals surface area (Å²) in [4.78, 5) is 0. The van der Waals surface area contributed by atoms with Crippen LogP contribution in [0.25, 0.3) is 0 Å². The largest absolute Gasteiger partial charge is 0.497 e. The molecule has 1 aromatic carbocycles. The van der Waals surface area contributed by atoms with Gasteiger partial charge in [-0.05, 0) is 49.9 Å². The lowest BCUT2D eigenvalue weighted by molar-refractivity contribution is 0.0605. The average molecular weight is 293 g/mol. The summed E-state index contributed by atoms with van der Waals surface area (Å²) in [5.74, 6) is 2.51. The van der Waals surface area contributed by atoms with Crippen molar-refractivity contribution in [3.63, 3.8) is 0 Å². The van der Waals surface area contributed by atoms with Gasteiger partial charge in [-0.15, -0.1) is 0 Å². The summed E-state index contributed by atoms with van der Waals surface area (Å²) < 4.78 is 16.4. The van der Waals surface area contributed by atoms with Crippen molar-refractivity contribution in [3.05, 3.63) is 23.8 Å². The van der Waals surface area contributed by atoms with Crippen molar-refractivity contribution in [1.29, 1.82) is 0 Å². The summed E-state index contributed by atoms with van der Waals surface area (Å²) in [5, 5.41) is 3.60. The molecule has 1 saturated heterocycles. The first-order valence-electron chi connectivity index (χ1n) is 7.81. The molecule has 1 aromatic rings. The Morgan fingerprint density at radius 2 is 2.00 bits per heavy atom. The maximum atomic E-state index is 5.54. The Labute approximate surface area is 127 Å². The zero-order valence-corrected chi connectivity index (χ0v) is 13.4. The fourth-order valence-electron chi connectivity index (χ4n) is 2.99. The zero-order valence-electron chi connectivity index (χ0n) is 13.4. The highest BCUT2D eigenvalue weighted by Crippen LogP contribution is 2.34. The standard InChI is InChI=1S/C17H27NO3/c1-4-18-16(11-13-7-9-21-10-8-13)15-12-14(19-2)5-6-17(15)20-3/h5-6,12-13,16,18H,4,7-11H2,1-3H3. The lowest BCUT2D eigenvalue weighted by atomic mass is 9.89. The van der Waals surface area contributed by atoms with Crippen LogP contribution in [-0.2, 0) is 4.74 Å². The Balaban J connectivity index is 2.18. The van der Waals surface area contributed by atoms with Crippen LogP contribution in [0.5, 0.6) is 11.5 Å². The molecule has 1 aliphatic heterocycles. The van der Waals surface area contributed by atoms with Crippen molar-refractivity contribution in [2.75, 3.05) is 34.0 Å². The normalized spacial score (nSPS) is 17.5. The first-order valence-corrected chi connectivity index (χ1v) is 7.81. The summed E-state index contributed by atoms with van der Waals surface area (Å²) >= 11 is 0. The highest BCUT2D eigenvalue weighted by atomic mass is 16.5. The molecule has 118 valence electrons. The van der Waals surface area contributed by atoms with Gasteiger partial charge in [0.05, 0.1) is 14.2 Å². The Hall–Kier alpha value is -1.26. The van der Waals surface area contributed by atoms with Gasteiger partial charge in [-0.2, -0.15) is 0 Å². The minimum atomic E-state index is 0.295. The molecule has 2 rings (SSSR count). The van der Waals surface area contributed by atoms with Crippen molar-refractivity contribution in [3.8, 4) is 11.5 Å². The molecule has 1 N–H and O–H groups in total. The monoisotopic (exact) mass is 293 g/mol. The van der Waals surface area contributed by atoms with E-state index >= 15 is 0 Å². The molecule has 0 aliphatic carbocycles. The molecule has 1 aliphatic rings. The Kier molecular flexibility index (Phi) is 6.33. The first kappa shape index (κ1) is 16.1. The highest BCUT2D eigenvalue weighted by molar-refractivity contribution is 5.42. The van der Waals surface area contributed by atoms with Gasteiger partial charge in [0.2, 0.25) is 0 Å². The van der Waals surface area contributed by atoms with Gasteiger partial charge in [-0.1, -0.05) is 6.92 Å². The maximum absolute atomic E-state index is 5.54. The fraction of sp³-hybridized carbons (Fsp3) is 0.647. The van der Waals surface area contributed by atoms with E-state index in [9.17, 15) is 0 Å². The maximum Gasteiger partial charge on any atom is 0.123 e. The number of methoxy groups -OCH3 is 2. The Morgan fingerprint density at radius 3 is 2.62 bits per heavy atom. The van der Waals surface area contributed by atoms with E-state index in [1.54, 1.807) is 14.2 Å². The van der Waals surface area contributed by atoms with E-state index < -0.39 is 0 Å². The van der Waals surface area contributed by atoms with Crippen LogP contribution in [0.15, 0.2) is 18.2 Å². The van der Waals surface area contributed by atoms with Crippen molar-refractivity contribution < 1.29 is 14.2 Å². The van der Waals surface area contributed by atoms with Crippen LogP contribution in [0.2, 0.25) is 0 Å². The second-order valence-electron chi connectivity index (χ2n) is 5.51.